The van der Waals surface area contributed by atoms with Gasteiger partial charge in [-0.3, -0.25) is 4.79 Å². The van der Waals surface area contributed by atoms with E-state index < -0.39 is 0 Å². The van der Waals surface area contributed by atoms with E-state index in [9.17, 15) is 4.79 Å². The van der Waals surface area contributed by atoms with Crippen molar-refractivity contribution < 1.29 is 4.79 Å². The first kappa shape index (κ1) is 11.9. The average molecular weight is 268 g/mol. The summed E-state index contributed by atoms with van der Waals surface area (Å²) in [7, 11) is 0. The van der Waals surface area contributed by atoms with E-state index in [-0.39, 0.29) is 5.78 Å². The van der Waals surface area contributed by atoms with Crippen LogP contribution in [0.3, 0.4) is 0 Å². The lowest BCUT2D eigenvalue weighted by molar-refractivity contribution is 0.102. The van der Waals surface area contributed by atoms with Gasteiger partial charge in [0, 0.05) is 4.88 Å². The molecule has 84 valence electrons. The Morgan fingerprint density at radius 3 is 2.88 bits per heavy atom. The van der Waals surface area contributed by atoms with Crippen LogP contribution in [0.25, 0.3) is 0 Å². The Morgan fingerprint density at radius 2 is 2.25 bits per heavy atom. The number of ketones is 1. The first-order valence-corrected chi connectivity index (χ1v) is 7.76. The molecule has 2 heterocycles. The molecule has 0 spiro atoms. The second-order valence-corrected chi connectivity index (χ2v) is 6.66. The Labute approximate surface area is 108 Å². The van der Waals surface area contributed by atoms with Gasteiger partial charge < -0.3 is 0 Å². The second kappa shape index (κ2) is 5.66. The third kappa shape index (κ3) is 2.97. The highest BCUT2D eigenvalue weighted by atomic mass is 32.2. The number of thiophene rings is 2. The molecule has 0 aromatic carbocycles. The van der Waals surface area contributed by atoms with E-state index in [4.69, 9.17) is 0 Å². The van der Waals surface area contributed by atoms with Crippen LogP contribution in [0.5, 0.6) is 0 Å². The number of hydrogen-bond donors (Lipinski definition) is 0. The van der Waals surface area contributed by atoms with Gasteiger partial charge in [-0.25, -0.2) is 0 Å². The molecule has 2 rings (SSSR count). The third-order valence-corrected chi connectivity index (χ3v) is 5.53. The molecule has 0 bridgehead atoms. The summed E-state index contributed by atoms with van der Waals surface area (Å²) in [6, 6.07) is 8.06. The van der Waals surface area contributed by atoms with E-state index in [1.165, 1.54) is 9.09 Å². The number of carbonyl (C=O) groups excluding carboxylic acids is 1. The summed E-state index contributed by atoms with van der Waals surface area (Å²) in [5, 5.41) is 2.03. The summed E-state index contributed by atoms with van der Waals surface area (Å²) in [4.78, 5) is 14.0. The summed E-state index contributed by atoms with van der Waals surface area (Å²) in [6.45, 7) is 2.11. The lowest BCUT2D eigenvalue weighted by Crippen LogP contribution is -1.98. The van der Waals surface area contributed by atoms with Crippen LogP contribution >= 0.6 is 34.4 Å². The van der Waals surface area contributed by atoms with Crippen molar-refractivity contribution in [2.45, 2.75) is 17.6 Å². The quantitative estimate of drug-likeness (QED) is 0.592. The molecule has 0 saturated carbocycles. The maximum absolute atomic E-state index is 11.9. The highest BCUT2D eigenvalue weighted by molar-refractivity contribution is 8.01. The van der Waals surface area contributed by atoms with Crippen molar-refractivity contribution in [3.05, 3.63) is 39.4 Å². The van der Waals surface area contributed by atoms with Crippen LogP contribution in [0.4, 0.5) is 0 Å². The molecular formula is C12H12OS3. The fourth-order valence-electron chi connectivity index (χ4n) is 1.27. The number of carbonyl (C=O) groups is 1. The molecule has 2 aromatic heterocycles. The highest BCUT2D eigenvalue weighted by Crippen LogP contribution is 2.25. The van der Waals surface area contributed by atoms with Gasteiger partial charge in [-0.05, 0) is 30.0 Å². The molecule has 0 aliphatic carbocycles. The smallest absolute Gasteiger partial charge is 0.183 e. The molecule has 0 aliphatic heterocycles. The zero-order valence-electron chi connectivity index (χ0n) is 8.93. The van der Waals surface area contributed by atoms with E-state index >= 15 is 0 Å². The fourth-order valence-corrected chi connectivity index (χ4v) is 3.92. The van der Waals surface area contributed by atoms with E-state index in [0.717, 1.165) is 11.3 Å². The summed E-state index contributed by atoms with van der Waals surface area (Å²) < 4.78 is 1.21. The normalized spacial score (nSPS) is 10.6. The molecule has 0 atom stereocenters. The van der Waals surface area contributed by atoms with Gasteiger partial charge in [0.25, 0.3) is 0 Å². The predicted molar refractivity (Wildman–Crippen MR) is 73.1 cm³/mol. The van der Waals surface area contributed by atoms with Gasteiger partial charge in [0.15, 0.2) is 5.78 Å². The Hall–Kier alpha value is -0.580. The summed E-state index contributed by atoms with van der Waals surface area (Å²) in [5.74, 6) is 0.785. The summed E-state index contributed by atoms with van der Waals surface area (Å²) in [5.41, 5.74) is 0. The molecule has 0 radical (unpaired) electrons. The molecule has 0 fully saturated rings. The van der Waals surface area contributed by atoms with Crippen LogP contribution in [0.2, 0.25) is 0 Å². The number of aryl methyl sites for hydroxylation is 1. The zero-order valence-corrected chi connectivity index (χ0v) is 11.4. The van der Waals surface area contributed by atoms with E-state index in [1.807, 2.05) is 23.6 Å². The van der Waals surface area contributed by atoms with E-state index in [1.54, 1.807) is 34.4 Å². The van der Waals surface area contributed by atoms with Crippen LogP contribution in [-0.2, 0) is 6.42 Å². The van der Waals surface area contributed by atoms with Crippen molar-refractivity contribution in [2.24, 2.45) is 0 Å². The highest BCUT2D eigenvalue weighted by Gasteiger charge is 2.09. The number of Topliss-reactive ketones (excluding diaryl/α,β-unsaturated/α-hetero) is 1. The van der Waals surface area contributed by atoms with Crippen molar-refractivity contribution in [3.63, 3.8) is 0 Å². The lowest BCUT2D eigenvalue weighted by atomic mass is 10.3. The number of rotatable bonds is 5. The molecule has 0 aliphatic rings. The molecule has 0 N–H and O–H groups in total. The molecule has 0 unspecified atom stereocenters. The van der Waals surface area contributed by atoms with Crippen molar-refractivity contribution >= 4 is 40.2 Å². The van der Waals surface area contributed by atoms with Gasteiger partial charge >= 0.3 is 0 Å². The third-order valence-electron chi connectivity index (χ3n) is 2.13. The molecule has 1 nitrogen and oxygen atoms in total. The standard InChI is InChI=1S/C12H12OS3/c1-2-9-5-6-11(16-9)10(13)8-15-12-4-3-7-14-12/h3-7H,2,8H2,1H3. The van der Waals surface area contributed by atoms with Crippen LogP contribution in [-0.4, -0.2) is 11.5 Å². The minimum atomic E-state index is 0.239. The molecule has 0 saturated heterocycles. The molecule has 0 amide bonds. The van der Waals surface area contributed by atoms with Crippen molar-refractivity contribution in [2.75, 3.05) is 5.75 Å². The lowest BCUT2D eigenvalue weighted by Gasteiger charge is -1.95. The first-order chi connectivity index (χ1) is 7.79. The van der Waals surface area contributed by atoms with E-state index in [0.29, 0.717) is 5.75 Å². The second-order valence-electron chi connectivity index (χ2n) is 3.26. The topological polar surface area (TPSA) is 17.1 Å². The zero-order chi connectivity index (χ0) is 11.4. The van der Waals surface area contributed by atoms with Gasteiger partial charge in [0.05, 0.1) is 14.8 Å². The van der Waals surface area contributed by atoms with Crippen molar-refractivity contribution in [1.29, 1.82) is 0 Å². The predicted octanol–water partition coefficient (Wildman–Crippen LogP) is 4.35. The van der Waals surface area contributed by atoms with Crippen LogP contribution in [0, 0.1) is 0 Å². The van der Waals surface area contributed by atoms with Gasteiger partial charge in [0.1, 0.15) is 0 Å². The minimum Gasteiger partial charge on any atom is -0.292 e. The van der Waals surface area contributed by atoms with Crippen LogP contribution < -0.4 is 0 Å². The van der Waals surface area contributed by atoms with Crippen LogP contribution in [0.1, 0.15) is 21.5 Å². The van der Waals surface area contributed by atoms with Gasteiger partial charge in [0.2, 0.25) is 0 Å². The van der Waals surface area contributed by atoms with Gasteiger partial charge in [-0.2, -0.15) is 0 Å². The Bertz CT molecular complexity index is 456. The molecule has 2 aromatic rings. The van der Waals surface area contributed by atoms with Crippen LogP contribution in [0.15, 0.2) is 33.9 Å². The SMILES string of the molecule is CCc1ccc(C(=O)CSc2cccs2)s1. The van der Waals surface area contributed by atoms with Gasteiger partial charge in [-0.15, -0.1) is 34.4 Å². The van der Waals surface area contributed by atoms with Gasteiger partial charge in [-0.1, -0.05) is 13.0 Å². The monoisotopic (exact) mass is 268 g/mol. The largest absolute Gasteiger partial charge is 0.292 e. The summed E-state index contributed by atoms with van der Waals surface area (Å²) in [6.07, 6.45) is 1.01. The van der Waals surface area contributed by atoms with Crippen molar-refractivity contribution in [3.8, 4) is 0 Å². The summed E-state index contributed by atoms with van der Waals surface area (Å²) >= 11 is 4.93. The maximum atomic E-state index is 11.9. The molecular weight excluding hydrogens is 256 g/mol. The number of hydrogen-bond acceptors (Lipinski definition) is 4. The molecule has 4 heteroatoms. The van der Waals surface area contributed by atoms with E-state index in [2.05, 4.69) is 13.0 Å². The first-order valence-electron chi connectivity index (χ1n) is 5.08. The Kier molecular flexibility index (Phi) is 4.21. The number of thioether (sulfide) groups is 1. The average Bonchev–Trinajstić information content (AvgIpc) is 2.96. The van der Waals surface area contributed by atoms with Crippen molar-refractivity contribution in [1.82, 2.24) is 0 Å². The fraction of sp³-hybridized carbons (Fsp3) is 0.250. The maximum Gasteiger partial charge on any atom is 0.183 e. The molecule has 16 heavy (non-hydrogen) atoms. The Balaban J connectivity index is 1.93. The minimum absolute atomic E-state index is 0.239. The Morgan fingerprint density at radius 1 is 1.38 bits per heavy atom.